The Labute approximate surface area is 213 Å². The van der Waals surface area contributed by atoms with E-state index in [1.165, 1.54) is 17.2 Å². The van der Waals surface area contributed by atoms with Crippen molar-refractivity contribution >= 4 is 5.91 Å². The first kappa shape index (κ1) is 25.9. The Bertz CT molecular complexity index is 1180. The Morgan fingerprint density at radius 3 is 2.44 bits per heavy atom. The Balaban J connectivity index is 1.29. The maximum absolute atomic E-state index is 12.8. The van der Waals surface area contributed by atoms with Crippen LogP contribution in [0.3, 0.4) is 0 Å². The molecular weight excluding hydrogens is 452 g/mol. The topological polar surface area (TPSA) is 102 Å². The molecule has 0 saturated carbocycles. The number of phenols is 1. The number of fused-ring (bicyclic) bond motifs is 1. The molecular formula is C30H36N2O4. The summed E-state index contributed by atoms with van der Waals surface area (Å²) in [5, 5.41) is 36.2. The van der Waals surface area contributed by atoms with E-state index in [2.05, 4.69) is 48.7 Å². The first-order valence-electron chi connectivity index (χ1n) is 12.5. The number of β-amino-alcohol motifs (C(OH)–C–C–N with tert-alkyl or cyclic N) is 1. The average Bonchev–Trinajstić information content (AvgIpc) is 3.29. The van der Waals surface area contributed by atoms with Gasteiger partial charge in [-0.05, 0) is 85.5 Å². The minimum atomic E-state index is -0.783. The van der Waals surface area contributed by atoms with E-state index in [0.29, 0.717) is 42.1 Å². The molecule has 0 unspecified atom stereocenters. The van der Waals surface area contributed by atoms with E-state index >= 15 is 0 Å². The van der Waals surface area contributed by atoms with Gasteiger partial charge in [0, 0.05) is 29.8 Å². The Kier molecular flexibility index (Phi) is 8.09. The van der Waals surface area contributed by atoms with E-state index in [1.807, 2.05) is 24.3 Å². The third-order valence-corrected chi connectivity index (χ3v) is 6.95. The normalized spacial score (nSPS) is 14.4. The number of aromatic hydroxyl groups is 1. The lowest BCUT2D eigenvalue weighted by Gasteiger charge is -2.28. The van der Waals surface area contributed by atoms with E-state index in [0.717, 1.165) is 18.4 Å². The van der Waals surface area contributed by atoms with Crippen LogP contribution in [0.1, 0.15) is 58.1 Å². The van der Waals surface area contributed by atoms with Crippen LogP contribution < -0.4 is 10.6 Å². The summed E-state index contributed by atoms with van der Waals surface area (Å²) >= 11 is 0. The van der Waals surface area contributed by atoms with Crippen LogP contribution in [-0.2, 0) is 25.9 Å². The highest BCUT2D eigenvalue weighted by Crippen LogP contribution is 2.26. The molecule has 0 aliphatic heterocycles. The van der Waals surface area contributed by atoms with Crippen LogP contribution in [0.15, 0.2) is 66.7 Å². The predicted molar refractivity (Wildman–Crippen MR) is 141 cm³/mol. The first-order chi connectivity index (χ1) is 17.2. The molecule has 0 saturated heterocycles. The number of carbonyl (C=O) groups excluding carboxylic acids is 1. The number of carbonyl (C=O) groups is 1. The van der Waals surface area contributed by atoms with Crippen molar-refractivity contribution in [2.45, 2.75) is 51.4 Å². The summed E-state index contributed by atoms with van der Waals surface area (Å²) in [7, 11) is 0. The van der Waals surface area contributed by atoms with Gasteiger partial charge >= 0.3 is 0 Å². The quantitative estimate of drug-likeness (QED) is 0.300. The summed E-state index contributed by atoms with van der Waals surface area (Å²) in [5.74, 6) is 0.395. The van der Waals surface area contributed by atoms with Crippen LogP contribution in [0.4, 0.5) is 0 Å². The zero-order chi connectivity index (χ0) is 25.7. The maximum Gasteiger partial charge on any atom is 0.251 e. The molecule has 1 aliphatic carbocycles. The van der Waals surface area contributed by atoms with Crippen molar-refractivity contribution < 1.29 is 20.1 Å². The molecule has 1 aliphatic rings. The van der Waals surface area contributed by atoms with Gasteiger partial charge in [0.05, 0.1) is 12.7 Å². The zero-order valence-electron chi connectivity index (χ0n) is 21.0. The Morgan fingerprint density at radius 1 is 1.03 bits per heavy atom. The summed E-state index contributed by atoms with van der Waals surface area (Å²) in [6.07, 6.45) is 1.91. The van der Waals surface area contributed by atoms with Gasteiger partial charge in [-0.3, -0.25) is 4.79 Å². The van der Waals surface area contributed by atoms with Gasteiger partial charge in [0.25, 0.3) is 5.91 Å². The van der Waals surface area contributed by atoms with E-state index in [-0.39, 0.29) is 23.8 Å². The number of rotatable bonds is 10. The number of hydrogen-bond donors (Lipinski definition) is 5. The predicted octanol–water partition coefficient (Wildman–Crippen LogP) is 3.67. The van der Waals surface area contributed by atoms with Gasteiger partial charge in [0.1, 0.15) is 5.75 Å². The number of nitrogens with one attached hydrogen (secondary N) is 2. The lowest BCUT2D eigenvalue weighted by molar-refractivity contribution is 0.0947. The van der Waals surface area contributed by atoms with Crippen LogP contribution in [0, 0.1) is 5.92 Å². The summed E-state index contributed by atoms with van der Waals surface area (Å²) in [6.45, 7) is 4.80. The van der Waals surface area contributed by atoms with E-state index in [4.69, 9.17) is 0 Å². The minimum Gasteiger partial charge on any atom is -0.508 e. The van der Waals surface area contributed by atoms with Crippen molar-refractivity contribution in [1.82, 2.24) is 10.6 Å². The molecule has 190 valence electrons. The van der Waals surface area contributed by atoms with Crippen molar-refractivity contribution in [3.63, 3.8) is 0 Å². The average molecular weight is 489 g/mol. The van der Waals surface area contributed by atoms with Crippen LogP contribution in [0.25, 0.3) is 0 Å². The largest absolute Gasteiger partial charge is 0.508 e. The van der Waals surface area contributed by atoms with Crippen molar-refractivity contribution in [1.29, 1.82) is 0 Å². The fraction of sp³-hybridized carbons (Fsp3) is 0.367. The smallest absolute Gasteiger partial charge is 0.251 e. The molecule has 0 heterocycles. The zero-order valence-corrected chi connectivity index (χ0v) is 21.0. The standard InChI is InChI=1S/C30H36N2O4/c1-30(2,32-18-28(35)24-10-11-27(34)26(15-24)19-33)16-20-6-5-9-25(12-20)29(36)31-17-21-13-22-7-3-4-8-23(22)14-21/h3-12,15,21,28,32-35H,13-14,16-19H2,1-2H3,(H,31,36)/t28-/m1/s1. The van der Waals surface area contributed by atoms with Gasteiger partial charge in [0.15, 0.2) is 0 Å². The second kappa shape index (κ2) is 11.2. The Hall–Kier alpha value is -3.19. The molecule has 4 rings (SSSR count). The molecule has 6 nitrogen and oxygen atoms in total. The van der Waals surface area contributed by atoms with Gasteiger partial charge in [-0.25, -0.2) is 0 Å². The van der Waals surface area contributed by atoms with Crippen LogP contribution in [0.2, 0.25) is 0 Å². The summed E-state index contributed by atoms with van der Waals surface area (Å²) in [5.41, 5.74) is 5.15. The lowest BCUT2D eigenvalue weighted by Crippen LogP contribution is -2.43. The monoisotopic (exact) mass is 488 g/mol. The van der Waals surface area contributed by atoms with Crippen LogP contribution in [-0.4, -0.2) is 39.9 Å². The van der Waals surface area contributed by atoms with Gasteiger partial charge in [-0.1, -0.05) is 42.5 Å². The fourth-order valence-electron chi connectivity index (χ4n) is 4.96. The number of hydrogen-bond acceptors (Lipinski definition) is 5. The SMILES string of the molecule is CC(C)(Cc1cccc(C(=O)NCC2Cc3ccccc3C2)c1)NC[C@@H](O)c1ccc(O)c(CO)c1. The van der Waals surface area contributed by atoms with E-state index in [1.54, 1.807) is 12.1 Å². The van der Waals surface area contributed by atoms with Crippen LogP contribution in [0.5, 0.6) is 5.75 Å². The highest BCUT2D eigenvalue weighted by Gasteiger charge is 2.23. The third kappa shape index (κ3) is 6.52. The highest BCUT2D eigenvalue weighted by molar-refractivity contribution is 5.94. The molecule has 1 atom stereocenters. The van der Waals surface area contributed by atoms with Crippen molar-refractivity contribution in [3.05, 3.63) is 100 Å². The molecule has 36 heavy (non-hydrogen) atoms. The van der Waals surface area contributed by atoms with Crippen molar-refractivity contribution in [3.8, 4) is 5.75 Å². The van der Waals surface area contributed by atoms with Crippen LogP contribution >= 0.6 is 0 Å². The molecule has 3 aromatic rings. The van der Waals surface area contributed by atoms with Gasteiger partial charge in [0.2, 0.25) is 0 Å². The van der Waals surface area contributed by atoms with Crippen molar-refractivity contribution in [2.75, 3.05) is 13.1 Å². The molecule has 0 spiro atoms. The van der Waals surface area contributed by atoms with E-state index in [9.17, 15) is 20.1 Å². The molecule has 0 bridgehead atoms. The molecule has 0 radical (unpaired) electrons. The van der Waals surface area contributed by atoms with E-state index < -0.39 is 6.10 Å². The summed E-state index contributed by atoms with van der Waals surface area (Å²) in [4.78, 5) is 12.8. The lowest BCUT2D eigenvalue weighted by atomic mass is 9.93. The molecule has 3 aromatic carbocycles. The Morgan fingerprint density at radius 2 is 1.75 bits per heavy atom. The van der Waals surface area contributed by atoms with Gasteiger partial charge < -0.3 is 26.0 Å². The first-order valence-corrected chi connectivity index (χ1v) is 12.5. The number of amides is 1. The minimum absolute atomic E-state index is 0.0130. The van der Waals surface area contributed by atoms with Crippen molar-refractivity contribution in [2.24, 2.45) is 5.92 Å². The second-order valence-electron chi connectivity index (χ2n) is 10.5. The molecule has 0 aromatic heterocycles. The number of benzene rings is 3. The summed E-state index contributed by atoms with van der Waals surface area (Å²) < 4.78 is 0. The number of aliphatic hydroxyl groups excluding tert-OH is 2. The third-order valence-electron chi connectivity index (χ3n) is 6.95. The molecule has 0 fully saturated rings. The molecule has 1 amide bonds. The van der Waals surface area contributed by atoms with Gasteiger partial charge in [-0.2, -0.15) is 0 Å². The van der Waals surface area contributed by atoms with Gasteiger partial charge in [-0.15, -0.1) is 0 Å². The fourth-order valence-corrected chi connectivity index (χ4v) is 4.96. The number of aliphatic hydroxyl groups is 2. The molecule has 5 N–H and O–H groups in total. The second-order valence-corrected chi connectivity index (χ2v) is 10.5. The highest BCUT2D eigenvalue weighted by atomic mass is 16.3. The maximum atomic E-state index is 12.8. The summed E-state index contributed by atoms with van der Waals surface area (Å²) in [6, 6.07) is 20.9. The molecule has 6 heteroatoms.